The van der Waals surface area contributed by atoms with Gasteiger partial charge < -0.3 is 4.57 Å². The predicted octanol–water partition coefficient (Wildman–Crippen LogP) is 11.3. The molecule has 0 unspecified atom stereocenters. The molecule has 0 bridgehead atoms. The Kier molecular flexibility index (Phi) is 6.09. The summed E-state index contributed by atoms with van der Waals surface area (Å²) in [6.45, 7) is 0. The highest BCUT2D eigenvalue weighted by Crippen LogP contribution is 2.38. The Morgan fingerprint density at radius 1 is 0.388 bits per heavy atom. The van der Waals surface area contributed by atoms with E-state index in [0.29, 0.717) is 34.1 Å². The highest BCUT2D eigenvalue weighted by atomic mass is 15.0. The van der Waals surface area contributed by atoms with Crippen LogP contribution in [-0.4, -0.2) is 19.5 Å². The van der Waals surface area contributed by atoms with E-state index >= 15 is 0 Å². The molecular formula is C45H30N4. The molecule has 9 rings (SSSR count). The number of aromatic nitrogens is 4. The number of rotatable bonds is 6. The Morgan fingerprint density at radius 2 is 0.918 bits per heavy atom. The van der Waals surface area contributed by atoms with Crippen LogP contribution < -0.4 is 0 Å². The van der Waals surface area contributed by atoms with E-state index < -0.39 is 0 Å². The fourth-order valence-electron chi connectivity index (χ4n) is 6.48. The van der Waals surface area contributed by atoms with Gasteiger partial charge in [-0.3, -0.25) is 0 Å². The van der Waals surface area contributed by atoms with Crippen molar-refractivity contribution >= 4 is 21.8 Å². The Morgan fingerprint density at radius 3 is 1.57 bits per heavy atom. The normalized spacial score (nSPS) is 12.4. The Balaban J connectivity index is 1.27. The van der Waals surface area contributed by atoms with Crippen molar-refractivity contribution in [2.24, 2.45) is 0 Å². The number of para-hydroxylation sites is 1. The molecule has 2 heterocycles. The van der Waals surface area contributed by atoms with E-state index in [0.717, 1.165) is 49.8 Å². The standard InChI is InChI=1S/C45H30N4/c1-4-15-31(16-5-1)37-23-10-11-24-38(37)34-27-28-42-40(30-34)39-25-12-13-26-41(39)49(42)36-22-14-21-35(29-36)45-47-43(32-17-6-2-7-18-32)46-44(48-45)33-19-8-3-9-20-33/h1-30H/i12D,13D,25D,26D. The second kappa shape index (κ2) is 12.2. The monoisotopic (exact) mass is 630 g/mol. The molecule has 4 nitrogen and oxygen atoms in total. The first-order valence-electron chi connectivity index (χ1n) is 18.1. The minimum atomic E-state index is -0.283. The number of fused-ring (bicyclic) bond motifs is 3. The van der Waals surface area contributed by atoms with Gasteiger partial charge in [0.25, 0.3) is 0 Å². The lowest BCUT2D eigenvalue weighted by atomic mass is 9.94. The van der Waals surface area contributed by atoms with Gasteiger partial charge in [-0.1, -0.05) is 152 Å². The van der Waals surface area contributed by atoms with Crippen molar-refractivity contribution < 1.29 is 5.48 Å². The van der Waals surface area contributed by atoms with Crippen LogP contribution in [0.5, 0.6) is 0 Å². The SMILES string of the molecule is [2H]c1c([2H])c([2H])c2c(c1[2H])c1cc(-c3ccccc3-c3ccccc3)ccc1n2-c1cccc(-c2nc(-c3ccccc3)nc(-c3ccccc3)n2)c1. The van der Waals surface area contributed by atoms with Crippen molar-refractivity contribution in [1.82, 2.24) is 19.5 Å². The van der Waals surface area contributed by atoms with Gasteiger partial charge in [-0.25, -0.2) is 15.0 Å². The van der Waals surface area contributed by atoms with Crippen molar-refractivity contribution in [3.05, 3.63) is 182 Å². The molecule has 4 heteroatoms. The van der Waals surface area contributed by atoms with Crippen molar-refractivity contribution in [1.29, 1.82) is 0 Å². The lowest BCUT2D eigenvalue weighted by molar-refractivity contribution is 1.07. The molecule has 0 spiro atoms. The van der Waals surface area contributed by atoms with Gasteiger partial charge in [0.15, 0.2) is 17.5 Å². The third-order valence-corrected chi connectivity index (χ3v) is 8.78. The quantitative estimate of drug-likeness (QED) is 0.184. The Hall–Kier alpha value is -6.65. The van der Waals surface area contributed by atoms with E-state index in [2.05, 4.69) is 30.3 Å². The Labute approximate surface area is 290 Å². The molecule has 0 radical (unpaired) electrons. The fourth-order valence-corrected chi connectivity index (χ4v) is 6.48. The second-order valence-electron chi connectivity index (χ2n) is 11.8. The first-order valence-corrected chi connectivity index (χ1v) is 16.1. The van der Waals surface area contributed by atoms with Crippen molar-refractivity contribution in [2.45, 2.75) is 0 Å². The molecule has 7 aromatic carbocycles. The smallest absolute Gasteiger partial charge is 0.164 e. The van der Waals surface area contributed by atoms with E-state index in [9.17, 15) is 0 Å². The van der Waals surface area contributed by atoms with E-state index in [1.54, 1.807) is 0 Å². The van der Waals surface area contributed by atoms with Crippen LogP contribution in [0.1, 0.15) is 5.48 Å². The summed E-state index contributed by atoms with van der Waals surface area (Å²) in [6.07, 6.45) is 0. The minimum Gasteiger partial charge on any atom is -0.309 e. The maximum Gasteiger partial charge on any atom is 0.164 e. The number of nitrogens with zero attached hydrogens (tertiary/aromatic N) is 4. The van der Waals surface area contributed by atoms with Gasteiger partial charge in [-0.2, -0.15) is 0 Å². The summed E-state index contributed by atoms with van der Waals surface area (Å²) in [5.74, 6) is 1.59. The van der Waals surface area contributed by atoms with Gasteiger partial charge in [-0.05, 0) is 52.6 Å². The molecule has 2 aromatic heterocycles. The van der Waals surface area contributed by atoms with Gasteiger partial charge in [0.05, 0.1) is 16.5 Å². The summed E-state index contributed by atoms with van der Waals surface area (Å²) < 4.78 is 37.4. The van der Waals surface area contributed by atoms with Crippen LogP contribution in [-0.2, 0) is 0 Å². The lowest BCUT2D eigenvalue weighted by Crippen LogP contribution is -2.01. The van der Waals surface area contributed by atoms with E-state index in [1.807, 2.05) is 132 Å². The predicted molar refractivity (Wildman–Crippen MR) is 201 cm³/mol. The summed E-state index contributed by atoms with van der Waals surface area (Å²) >= 11 is 0. The van der Waals surface area contributed by atoms with Crippen LogP contribution in [0.3, 0.4) is 0 Å². The van der Waals surface area contributed by atoms with Gasteiger partial charge in [0.1, 0.15) is 0 Å². The van der Waals surface area contributed by atoms with Gasteiger partial charge in [-0.15, -0.1) is 0 Å². The molecule has 0 saturated carbocycles. The minimum absolute atomic E-state index is 0.0770. The molecule has 0 saturated heterocycles. The fraction of sp³-hybridized carbons (Fsp3) is 0. The van der Waals surface area contributed by atoms with Crippen LogP contribution in [0.15, 0.2) is 182 Å². The number of benzene rings is 7. The zero-order valence-electron chi connectivity index (χ0n) is 30.3. The molecule has 0 amide bonds. The zero-order valence-corrected chi connectivity index (χ0v) is 26.3. The summed E-state index contributed by atoms with van der Waals surface area (Å²) in [5, 5.41) is 1.20. The van der Waals surface area contributed by atoms with Crippen molar-refractivity contribution in [3.8, 4) is 62.1 Å². The van der Waals surface area contributed by atoms with E-state index in [1.165, 1.54) is 0 Å². The first-order chi connectivity index (χ1) is 26.0. The Bertz CT molecular complexity index is 2760. The topological polar surface area (TPSA) is 43.6 Å². The van der Waals surface area contributed by atoms with Crippen LogP contribution in [0.2, 0.25) is 0 Å². The second-order valence-corrected chi connectivity index (χ2v) is 11.8. The average molecular weight is 631 g/mol. The number of hydrogen-bond acceptors (Lipinski definition) is 3. The molecule has 230 valence electrons. The molecule has 0 aliphatic heterocycles. The highest BCUT2D eigenvalue weighted by molar-refractivity contribution is 6.10. The molecule has 0 N–H and O–H groups in total. The molecule has 49 heavy (non-hydrogen) atoms. The third-order valence-electron chi connectivity index (χ3n) is 8.78. The van der Waals surface area contributed by atoms with E-state index in [-0.39, 0.29) is 24.2 Å². The van der Waals surface area contributed by atoms with Crippen LogP contribution in [0, 0.1) is 0 Å². The first kappa shape index (κ1) is 24.5. The molecule has 0 aliphatic rings. The highest BCUT2D eigenvalue weighted by Gasteiger charge is 2.17. The van der Waals surface area contributed by atoms with E-state index in [4.69, 9.17) is 20.4 Å². The third kappa shape index (κ3) is 5.26. The van der Waals surface area contributed by atoms with Crippen molar-refractivity contribution in [3.63, 3.8) is 0 Å². The summed E-state index contributed by atoms with van der Waals surface area (Å²) in [4.78, 5) is 14.7. The maximum absolute atomic E-state index is 9.13. The van der Waals surface area contributed by atoms with Crippen LogP contribution in [0.25, 0.3) is 83.9 Å². The largest absolute Gasteiger partial charge is 0.309 e. The summed E-state index contributed by atoms with van der Waals surface area (Å²) in [7, 11) is 0. The summed E-state index contributed by atoms with van der Waals surface area (Å²) in [5.41, 5.74) is 8.50. The molecule has 0 atom stereocenters. The van der Waals surface area contributed by atoms with Crippen LogP contribution >= 0.6 is 0 Å². The van der Waals surface area contributed by atoms with Crippen molar-refractivity contribution in [2.75, 3.05) is 0 Å². The van der Waals surface area contributed by atoms with Gasteiger partial charge in [0.2, 0.25) is 0 Å². The summed E-state index contributed by atoms with van der Waals surface area (Å²) in [6, 6.07) is 51.3. The number of hydrogen-bond donors (Lipinski definition) is 0. The molecule has 9 aromatic rings. The maximum atomic E-state index is 9.13. The lowest BCUT2D eigenvalue weighted by Gasteiger charge is -2.12. The van der Waals surface area contributed by atoms with Gasteiger partial charge >= 0.3 is 0 Å². The van der Waals surface area contributed by atoms with Gasteiger partial charge in [0, 0.05) is 33.2 Å². The van der Waals surface area contributed by atoms with Crippen LogP contribution in [0.4, 0.5) is 0 Å². The molecule has 0 fully saturated rings. The zero-order chi connectivity index (χ0) is 36.1. The average Bonchev–Trinajstić information content (AvgIpc) is 3.58. The molecule has 0 aliphatic carbocycles. The molecular weight excluding hydrogens is 597 g/mol.